The average Bonchev–Trinajstić information content (AvgIpc) is 2.34. The van der Waals surface area contributed by atoms with Crippen LogP contribution in [-0.2, 0) is 9.53 Å². The third-order valence-electron chi connectivity index (χ3n) is 2.09. The zero-order valence-corrected chi connectivity index (χ0v) is 10.9. The quantitative estimate of drug-likeness (QED) is 0.682. The molecule has 4 nitrogen and oxygen atoms in total. The van der Waals surface area contributed by atoms with Crippen LogP contribution in [0.2, 0.25) is 5.02 Å². The number of hydrogen-bond acceptors (Lipinski definition) is 3. The molecular formula is C11H10Cl2FNO3. The number of halogens is 3. The first-order valence-electron chi connectivity index (χ1n) is 4.91. The SMILES string of the molecule is COC(=O)C(Cl)CNC(=O)c1c(F)cccc1Cl. The molecule has 0 aliphatic rings. The Balaban J connectivity index is 2.69. The minimum atomic E-state index is -1.04. The van der Waals surface area contributed by atoms with Crippen molar-refractivity contribution in [3.63, 3.8) is 0 Å². The van der Waals surface area contributed by atoms with E-state index in [0.29, 0.717) is 0 Å². The molecule has 98 valence electrons. The summed E-state index contributed by atoms with van der Waals surface area (Å²) >= 11 is 11.3. The van der Waals surface area contributed by atoms with Gasteiger partial charge in [0.1, 0.15) is 11.2 Å². The van der Waals surface area contributed by atoms with E-state index in [-0.39, 0.29) is 17.1 Å². The Morgan fingerprint density at radius 3 is 2.72 bits per heavy atom. The Hall–Kier alpha value is -1.33. The normalized spacial score (nSPS) is 11.8. The van der Waals surface area contributed by atoms with Crippen molar-refractivity contribution in [3.8, 4) is 0 Å². The molecule has 18 heavy (non-hydrogen) atoms. The molecule has 1 aromatic carbocycles. The van der Waals surface area contributed by atoms with E-state index < -0.39 is 23.1 Å². The van der Waals surface area contributed by atoms with Crippen LogP contribution in [0.3, 0.4) is 0 Å². The summed E-state index contributed by atoms with van der Waals surface area (Å²) in [5.74, 6) is -2.17. The zero-order valence-electron chi connectivity index (χ0n) is 9.38. The smallest absolute Gasteiger partial charge is 0.325 e. The summed E-state index contributed by atoms with van der Waals surface area (Å²) in [6, 6.07) is 3.88. The highest BCUT2D eigenvalue weighted by molar-refractivity contribution is 6.34. The van der Waals surface area contributed by atoms with Gasteiger partial charge in [-0.1, -0.05) is 17.7 Å². The fourth-order valence-corrected chi connectivity index (χ4v) is 1.61. The van der Waals surface area contributed by atoms with E-state index in [2.05, 4.69) is 10.1 Å². The van der Waals surface area contributed by atoms with Gasteiger partial charge in [-0.15, -0.1) is 11.6 Å². The lowest BCUT2D eigenvalue weighted by Gasteiger charge is -2.10. The van der Waals surface area contributed by atoms with Crippen LogP contribution in [0.15, 0.2) is 18.2 Å². The van der Waals surface area contributed by atoms with Gasteiger partial charge in [0.25, 0.3) is 5.91 Å². The second-order valence-electron chi connectivity index (χ2n) is 3.30. The first-order chi connectivity index (χ1) is 8.47. The molecule has 1 atom stereocenters. The number of carbonyl (C=O) groups excluding carboxylic acids is 2. The van der Waals surface area contributed by atoms with Crippen molar-refractivity contribution < 1.29 is 18.7 Å². The Labute approximate surface area is 113 Å². The molecule has 7 heteroatoms. The molecule has 1 unspecified atom stereocenters. The predicted molar refractivity (Wildman–Crippen MR) is 65.4 cm³/mol. The van der Waals surface area contributed by atoms with Gasteiger partial charge in [-0.3, -0.25) is 9.59 Å². The molecule has 0 fully saturated rings. The maximum absolute atomic E-state index is 13.4. The summed E-state index contributed by atoms with van der Waals surface area (Å²) in [4.78, 5) is 22.6. The molecule has 0 aromatic heterocycles. The van der Waals surface area contributed by atoms with Gasteiger partial charge < -0.3 is 10.1 Å². The van der Waals surface area contributed by atoms with Gasteiger partial charge >= 0.3 is 5.97 Å². The molecule has 0 saturated heterocycles. The molecule has 0 spiro atoms. The predicted octanol–water partition coefficient (Wildman–Crippen LogP) is 1.99. The minimum absolute atomic E-state index is 0.0170. The Morgan fingerprint density at radius 1 is 1.50 bits per heavy atom. The van der Waals surface area contributed by atoms with E-state index in [1.165, 1.54) is 19.2 Å². The van der Waals surface area contributed by atoms with Gasteiger partial charge in [0, 0.05) is 6.54 Å². The van der Waals surface area contributed by atoms with Crippen LogP contribution in [0.4, 0.5) is 4.39 Å². The molecule has 0 bridgehead atoms. The molecule has 1 aromatic rings. The van der Waals surface area contributed by atoms with Crippen molar-refractivity contribution in [3.05, 3.63) is 34.6 Å². The lowest BCUT2D eigenvalue weighted by molar-refractivity contribution is -0.140. The van der Waals surface area contributed by atoms with Crippen molar-refractivity contribution in [2.24, 2.45) is 0 Å². The topological polar surface area (TPSA) is 55.4 Å². The van der Waals surface area contributed by atoms with Crippen molar-refractivity contribution in [2.45, 2.75) is 5.38 Å². The molecule has 0 aliphatic carbocycles. The van der Waals surface area contributed by atoms with Gasteiger partial charge in [-0.2, -0.15) is 0 Å². The second kappa shape index (κ2) is 6.56. The van der Waals surface area contributed by atoms with Crippen LogP contribution < -0.4 is 5.32 Å². The van der Waals surface area contributed by atoms with Crippen LogP contribution in [0.5, 0.6) is 0 Å². The van der Waals surface area contributed by atoms with Crippen LogP contribution in [-0.4, -0.2) is 30.9 Å². The van der Waals surface area contributed by atoms with E-state index in [0.717, 1.165) is 6.07 Å². The van der Waals surface area contributed by atoms with Gasteiger partial charge in [-0.25, -0.2) is 4.39 Å². The maximum atomic E-state index is 13.4. The van der Waals surface area contributed by atoms with E-state index in [4.69, 9.17) is 23.2 Å². The number of amides is 1. The van der Waals surface area contributed by atoms with Crippen LogP contribution in [0.25, 0.3) is 0 Å². The average molecular weight is 294 g/mol. The van der Waals surface area contributed by atoms with Crippen molar-refractivity contribution in [1.29, 1.82) is 0 Å². The largest absolute Gasteiger partial charge is 0.468 e. The first kappa shape index (κ1) is 14.7. The van der Waals surface area contributed by atoms with E-state index in [9.17, 15) is 14.0 Å². The summed E-state index contributed by atoms with van der Waals surface area (Å²) in [5.41, 5.74) is -0.284. The summed E-state index contributed by atoms with van der Waals surface area (Å²) in [7, 11) is 1.17. The Morgan fingerprint density at radius 2 is 2.17 bits per heavy atom. The molecule has 0 aliphatic heterocycles. The highest BCUT2D eigenvalue weighted by atomic mass is 35.5. The summed E-state index contributed by atoms with van der Waals surface area (Å²) in [6.07, 6.45) is 0. The monoisotopic (exact) mass is 293 g/mol. The maximum Gasteiger partial charge on any atom is 0.325 e. The number of esters is 1. The third-order valence-corrected chi connectivity index (χ3v) is 2.74. The lowest BCUT2D eigenvalue weighted by Crippen LogP contribution is -2.34. The van der Waals surface area contributed by atoms with Crippen molar-refractivity contribution in [2.75, 3.05) is 13.7 Å². The van der Waals surface area contributed by atoms with Crippen molar-refractivity contribution in [1.82, 2.24) is 5.32 Å². The van der Waals surface area contributed by atoms with E-state index >= 15 is 0 Å². The number of ether oxygens (including phenoxy) is 1. The van der Waals surface area contributed by atoms with Gasteiger partial charge in [0.15, 0.2) is 0 Å². The van der Waals surface area contributed by atoms with Gasteiger partial charge in [-0.05, 0) is 12.1 Å². The fourth-order valence-electron chi connectivity index (χ4n) is 1.20. The highest BCUT2D eigenvalue weighted by Crippen LogP contribution is 2.18. The number of alkyl halides is 1. The summed E-state index contributed by atoms with van der Waals surface area (Å²) < 4.78 is 17.8. The van der Waals surface area contributed by atoms with Crippen LogP contribution in [0, 0.1) is 5.82 Å². The molecule has 0 heterocycles. The van der Waals surface area contributed by atoms with Crippen molar-refractivity contribution >= 4 is 35.1 Å². The molecule has 1 N–H and O–H groups in total. The summed E-state index contributed by atoms with van der Waals surface area (Å²) in [5, 5.41) is 1.24. The number of carbonyl (C=O) groups is 2. The Kier molecular flexibility index (Phi) is 5.37. The number of methoxy groups -OCH3 is 1. The molecule has 1 amide bonds. The lowest BCUT2D eigenvalue weighted by atomic mass is 10.2. The fraction of sp³-hybridized carbons (Fsp3) is 0.273. The molecule has 1 rings (SSSR count). The molecule has 0 saturated carbocycles. The second-order valence-corrected chi connectivity index (χ2v) is 4.23. The first-order valence-corrected chi connectivity index (χ1v) is 5.73. The van der Waals surface area contributed by atoms with Gasteiger partial charge in [0.2, 0.25) is 0 Å². The van der Waals surface area contributed by atoms with Gasteiger partial charge in [0.05, 0.1) is 17.7 Å². The number of hydrogen-bond donors (Lipinski definition) is 1. The number of nitrogens with one attached hydrogen (secondary N) is 1. The zero-order chi connectivity index (χ0) is 13.7. The van der Waals surface area contributed by atoms with Crippen LogP contribution in [0.1, 0.15) is 10.4 Å². The molecule has 0 radical (unpaired) electrons. The number of rotatable bonds is 4. The van der Waals surface area contributed by atoms with Crippen LogP contribution >= 0.6 is 23.2 Å². The third kappa shape index (κ3) is 3.58. The van der Waals surface area contributed by atoms with E-state index in [1.807, 2.05) is 0 Å². The standard InChI is InChI=1S/C11H10Cl2FNO3/c1-18-11(17)7(13)5-15-10(16)9-6(12)3-2-4-8(9)14/h2-4,7H,5H2,1H3,(H,15,16). The number of benzene rings is 1. The highest BCUT2D eigenvalue weighted by Gasteiger charge is 2.20. The van der Waals surface area contributed by atoms with E-state index in [1.54, 1.807) is 0 Å². The Bertz CT molecular complexity index is 447. The minimum Gasteiger partial charge on any atom is -0.468 e. The summed E-state index contributed by atoms with van der Waals surface area (Å²) in [6.45, 7) is -0.183. The molecular weight excluding hydrogens is 284 g/mol.